The van der Waals surface area contributed by atoms with Gasteiger partial charge in [-0.05, 0) is 13.0 Å². The molecule has 2 rings (SSSR count). The number of nitro groups is 1. The summed E-state index contributed by atoms with van der Waals surface area (Å²) in [7, 11) is -4.17. The molecule has 0 aliphatic rings. The van der Waals surface area contributed by atoms with Gasteiger partial charge in [0.05, 0.1) is 16.8 Å². The van der Waals surface area contributed by atoms with Crippen molar-refractivity contribution in [3.8, 4) is 0 Å². The van der Waals surface area contributed by atoms with Gasteiger partial charge in [-0.1, -0.05) is 6.07 Å². The Morgan fingerprint density at radius 2 is 2.15 bits per heavy atom. The number of H-pyrrole nitrogens is 1. The Morgan fingerprint density at radius 1 is 1.45 bits per heavy atom. The highest BCUT2D eigenvalue weighted by molar-refractivity contribution is 7.92. The minimum atomic E-state index is -4.17. The van der Waals surface area contributed by atoms with Crippen LogP contribution in [0.3, 0.4) is 0 Å². The fourth-order valence-electron chi connectivity index (χ4n) is 1.57. The van der Waals surface area contributed by atoms with Crippen LogP contribution >= 0.6 is 0 Å². The Morgan fingerprint density at radius 3 is 2.70 bits per heavy atom. The maximum atomic E-state index is 13.6. The van der Waals surface area contributed by atoms with E-state index in [0.29, 0.717) is 0 Å². The van der Waals surface area contributed by atoms with Crippen LogP contribution in [-0.4, -0.2) is 23.5 Å². The molecule has 0 aliphatic carbocycles. The van der Waals surface area contributed by atoms with Crippen LogP contribution in [0.15, 0.2) is 29.3 Å². The first-order valence-corrected chi connectivity index (χ1v) is 6.77. The van der Waals surface area contributed by atoms with Crippen molar-refractivity contribution in [2.45, 2.75) is 11.8 Å². The number of hydrogen-bond donors (Lipinski definition) is 2. The van der Waals surface area contributed by atoms with Gasteiger partial charge < -0.3 is 0 Å². The minimum absolute atomic E-state index is 0.213. The van der Waals surface area contributed by atoms with Crippen LogP contribution in [-0.2, 0) is 10.0 Å². The second kappa shape index (κ2) is 4.89. The number of benzene rings is 1. The van der Waals surface area contributed by atoms with E-state index in [1.54, 1.807) is 0 Å². The molecule has 0 radical (unpaired) electrons. The van der Waals surface area contributed by atoms with Crippen LogP contribution in [0.5, 0.6) is 0 Å². The number of rotatable bonds is 4. The normalized spacial score (nSPS) is 11.3. The summed E-state index contributed by atoms with van der Waals surface area (Å²) in [6.07, 6.45) is 1.03. The average Bonchev–Trinajstić information content (AvgIpc) is 2.78. The molecule has 8 nitrogen and oxygen atoms in total. The predicted octanol–water partition coefficient (Wildman–Crippen LogP) is 1.57. The second-order valence-electron chi connectivity index (χ2n) is 3.86. The van der Waals surface area contributed by atoms with E-state index in [2.05, 4.69) is 10.2 Å². The molecule has 0 fully saturated rings. The smallest absolute Gasteiger partial charge is 0.281 e. The first-order valence-electron chi connectivity index (χ1n) is 5.28. The Kier molecular flexibility index (Phi) is 3.40. The SMILES string of the molecule is Cc1[nH]ncc1S(=O)(=O)Nc1c(F)cccc1[N+](=O)[O-]. The van der Waals surface area contributed by atoms with E-state index < -0.39 is 32.1 Å². The molecule has 0 aliphatic heterocycles. The maximum Gasteiger partial charge on any atom is 0.296 e. The molecule has 10 heteroatoms. The minimum Gasteiger partial charge on any atom is -0.281 e. The highest BCUT2D eigenvalue weighted by Crippen LogP contribution is 2.29. The number of nitrogens with one attached hydrogen (secondary N) is 2. The summed E-state index contributed by atoms with van der Waals surface area (Å²) < 4.78 is 39.6. The van der Waals surface area contributed by atoms with Gasteiger partial charge in [-0.25, -0.2) is 12.8 Å². The van der Waals surface area contributed by atoms with E-state index in [4.69, 9.17) is 0 Å². The summed E-state index contributed by atoms with van der Waals surface area (Å²) >= 11 is 0. The van der Waals surface area contributed by atoms with Gasteiger partial charge in [0.2, 0.25) is 0 Å². The number of hydrogen-bond acceptors (Lipinski definition) is 5. The highest BCUT2D eigenvalue weighted by Gasteiger charge is 2.25. The van der Waals surface area contributed by atoms with E-state index >= 15 is 0 Å². The number of nitrogens with zero attached hydrogens (tertiary/aromatic N) is 2. The summed E-state index contributed by atoms with van der Waals surface area (Å²) in [4.78, 5) is 9.71. The van der Waals surface area contributed by atoms with E-state index in [1.165, 1.54) is 6.92 Å². The van der Waals surface area contributed by atoms with Gasteiger partial charge in [0.1, 0.15) is 4.90 Å². The molecule has 0 spiro atoms. The number of aromatic nitrogens is 2. The Bertz CT molecular complexity index is 771. The van der Waals surface area contributed by atoms with Crippen LogP contribution in [0.1, 0.15) is 5.69 Å². The van der Waals surface area contributed by atoms with Crippen LogP contribution in [0, 0.1) is 22.9 Å². The average molecular weight is 300 g/mol. The van der Waals surface area contributed by atoms with Crippen molar-refractivity contribution in [3.63, 3.8) is 0 Å². The zero-order valence-corrected chi connectivity index (χ0v) is 10.9. The molecule has 0 bridgehead atoms. The number of para-hydroxylation sites is 1. The molecule has 2 aromatic rings. The van der Waals surface area contributed by atoms with Gasteiger partial charge in [-0.15, -0.1) is 0 Å². The Labute approximate surface area is 112 Å². The van der Waals surface area contributed by atoms with Gasteiger partial charge in [-0.3, -0.25) is 19.9 Å². The van der Waals surface area contributed by atoms with Crippen molar-refractivity contribution >= 4 is 21.4 Å². The van der Waals surface area contributed by atoms with E-state index in [-0.39, 0.29) is 10.6 Å². The molecule has 1 heterocycles. The van der Waals surface area contributed by atoms with Crippen LogP contribution in [0.25, 0.3) is 0 Å². The number of nitro benzene ring substituents is 1. The Balaban J connectivity index is 2.50. The summed E-state index contributed by atoms with van der Waals surface area (Å²) in [6, 6.07) is 3.05. The maximum absolute atomic E-state index is 13.6. The Hall–Kier alpha value is -2.49. The molecule has 0 unspecified atom stereocenters. The lowest BCUT2D eigenvalue weighted by Crippen LogP contribution is -2.15. The number of aryl methyl sites for hydroxylation is 1. The summed E-state index contributed by atoms with van der Waals surface area (Å²) in [5.41, 5.74) is -1.15. The molecular weight excluding hydrogens is 291 g/mol. The molecular formula is C10H9FN4O4S. The van der Waals surface area contributed by atoms with Crippen LogP contribution < -0.4 is 4.72 Å². The van der Waals surface area contributed by atoms with Crippen molar-refractivity contribution in [2.24, 2.45) is 0 Å². The van der Waals surface area contributed by atoms with Gasteiger partial charge in [0.15, 0.2) is 11.5 Å². The number of aromatic amines is 1. The molecule has 2 N–H and O–H groups in total. The summed E-state index contributed by atoms with van der Waals surface area (Å²) in [6.45, 7) is 1.46. The molecule has 1 aromatic carbocycles. The van der Waals surface area contributed by atoms with Crippen molar-refractivity contribution < 1.29 is 17.7 Å². The number of anilines is 1. The van der Waals surface area contributed by atoms with Crippen molar-refractivity contribution in [1.29, 1.82) is 0 Å². The summed E-state index contributed by atoms with van der Waals surface area (Å²) in [5, 5.41) is 16.8. The van der Waals surface area contributed by atoms with E-state index in [0.717, 1.165) is 24.4 Å². The standard InChI is InChI=1S/C10H9FN4O4S/c1-6-9(5-12-13-6)20(18,19)14-10-7(11)3-2-4-8(10)15(16)17/h2-5,14H,1H3,(H,12,13). The van der Waals surface area contributed by atoms with Crippen molar-refractivity contribution in [3.05, 3.63) is 46.0 Å². The number of halogens is 1. The number of sulfonamides is 1. The van der Waals surface area contributed by atoms with Crippen molar-refractivity contribution in [2.75, 3.05) is 4.72 Å². The molecule has 0 saturated carbocycles. The van der Waals surface area contributed by atoms with E-state index in [1.807, 2.05) is 4.72 Å². The lowest BCUT2D eigenvalue weighted by molar-refractivity contribution is -0.384. The quantitative estimate of drug-likeness (QED) is 0.656. The zero-order chi connectivity index (χ0) is 14.9. The van der Waals surface area contributed by atoms with E-state index in [9.17, 15) is 22.9 Å². The molecule has 106 valence electrons. The lowest BCUT2D eigenvalue weighted by atomic mass is 10.2. The molecule has 0 amide bonds. The van der Waals surface area contributed by atoms with Gasteiger partial charge >= 0.3 is 0 Å². The third-order valence-corrected chi connectivity index (χ3v) is 3.96. The molecule has 0 atom stereocenters. The second-order valence-corrected chi connectivity index (χ2v) is 5.51. The van der Waals surface area contributed by atoms with Gasteiger partial charge in [0.25, 0.3) is 15.7 Å². The fourth-order valence-corrected chi connectivity index (χ4v) is 2.79. The van der Waals surface area contributed by atoms with Gasteiger partial charge in [0, 0.05) is 6.07 Å². The van der Waals surface area contributed by atoms with Crippen LogP contribution in [0.4, 0.5) is 15.8 Å². The van der Waals surface area contributed by atoms with Crippen LogP contribution in [0.2, 0.25) is 0 Å². The first kappa shape index (κ1) is 13.9. The molecule has 1 aromatic heterocycles. The van der Waals surface area contributed by atoms with Crippen molar-refractivity contribution in [1.82, 2.24) is 10.2 Å². The molecule has 20 heavy (non-hydrogen) atoms. The summed E-state index contributed by atoms with van der Waals surface area (Å²) in [5.74, 6) is -1.04. The fraction of sp³-hybridized carbons (Fsp3) is 0.100. The highest BCUT2D eigenvalue weighted by atomic mass is 32.2. The lowest BCUT2D eigenvalue weighted by Gasteiger charge is -2.08. The predicted molar refractivity (Wildman–Crippen MR) is 67.2 cm³/mol. The topological polar surface area (TPSA) is 118 Å². The zero-order valence-electron chi connectivity index (χ0n) is 10.1. The third kappa shape index (κ3) is 2.45. The third-order valence-electron chi connectivity index (χ3n) is 2.50. The molecule has 0 saturated heterocycles. The first-order chi connectivity index (χ1) is 9.33. The monoisotopic (exact) mass is 300 g/mol. The van der Waals surface area contributed by atoms with Gasteiger partial charge in [-0.2, -0.15) is 5.10 Å². The largest absolute Gasteiger partial charge is 0.296 e.